The van der Waals surface area contributed by atoms with Gasteiger partial charge >= 0.3 is 0 Å². The van der Waals surface area contributed by atoms with Gasteiger partial charge in [-0.2, -0.15) is 16.8 Å². The molecular formula is C19H19ClN2O2S2. The molecule has 2 aromatic carbocycles. The summed E-state index contributed by atoms with van der Waals surface area (Å²) in [6, 6.07) is 13.0. The number of ether oxygens (including phenoxy) is 1. The van der Waals surface area contributed by atoms with Crippen molar-refractivity contribution in [2.45, 2.75) is 13.5 Å². The first-order valence-electron chi connectivity index (χ1n) is 8.22. The number of carbonyl (C=O) groups is 1. The second-order valence-corrected chi connectivity index (χ2v) is 7.89. The normalized spacial score (nSPS) is 11.9. The number of hydrogen-bond acceptors (Lipinski definition) is 4. The van der Waals surface area contributed by atoms with Crippen molar-refractivity contribution in [3.8, 4) is 5.75 Å². The molecule has 0 aliphatic carbocycles. The number of fused-ring (bicyclic) bond motifs is 1. The lowest BCUT2D eigenvalue weighted by Gasteiger charge is -2.05. The molecule has 4 nitrogen and oxygen atoms in total. The monoisotopic (exact) mass is 406 g/mol. The maximum absolute atomic E-state index is 12.6. The van der Waals surface area contributed by atoms with E-state index in [2.05, 4.69) is 15.8 Å². The van der Waals surface area contributed by atoms with Crippen LogP contribution >= 0.6 is 34.7 Å². The highest BCUT2D eigenvalue weighted by atomic mass is 35.5. The van der Waals surface area contributed by atoms with Gasteiger partial charge in [0.15, 0.2) is 4.80 Å². The minimum atomic E-state index is -0.329. The van der Waals surface area contributed by atoms with Gasteiger partial charge in [-0.25, -0.2) is 0 Å². The number of amides is 1. The molecule has 0 unspecified atom stereocenters. The lowest BCUT2D eigenvalue weighted by atomic mass is 10.2. The second kappa shape index (κ2) is 8.75. The fourth-order valence-corrected chi connectivity index (χ4v) is 4.24. The van der Waals surface area contributed by atoms with E-state index in [0.29, 0.717) is 22.0 Å². The molecule has 136 valence electrons. The van der Waals surface area contributed by atoms with Crippen LogP contribution in [0.25, 0.3) is 10.2 Å². The number of thioether (sulfide) groups is 1. The minimum Gasteiger partial charge on any atom is -0.494 e. The van der Waals surface area contributed by atoms with Gasteiger partial charge in [0.1, 0.15) is 5.75 Å². The zero-order valence-corrected chi connectivity index (χ0v) is 17.0. The summed E-state index contributed by atoms with van der Waals surface area (Å²) in [5.74, 6) is 1.43. The maximum Gasteiger partial charge on any atom is 0.281 e. The van der Waals surface area contributed by atoms with Crippen LogP contribution in [0.2, 0.25) is 5.02 Å². The molecule has 3 aromatic rings. The van der Waals surface area contributed by atoms with E-state index in [-0.39, 0.29) is 5.91 Å². The molecule has 7 heteroatoms. The number of nitrogens with zero attached hydrogens (tertiary/aromatic N) is 2. The van der Waals surface area contributed by atoms with Gasteiger partial charge < -0.3 is 9.30 Å². The Morgan fingerprint density at radius 3 is 2.85 bits per heavy atom. The van der Waals surface area contributed by atoms with E-state index in [1.807, 2.05) is 25.1 Å². The van der Waals surface area contributed by atoms with Crippen LogP contribution in [0, 0.1) is 0 Å². The van der Waals surface area contributed by atoms with E-state index in [1.165, 1.54) is 11.3 Å². The van der Waals surface area contributed by atoms with E-state index < -0.39 is 0 Å². The van der Waals surface area contributed by atoms with E-state index in [1.54, 1.807) is 36.0 Å². The van der Waals surface area contributed by atoms with E-state index in [9.17, 15) is 4.79 Å². The second-order valence-electron chi connectivity index (χ2n) is 5.49. The molecule has 0 atom stereocenters. The number of halogens is 1. The Balaban J connectivity index is 2.10. The standard InChI is InChI=1S/C19H19ClN2O2S2/c1-3-24-13-8-9-16-17(12-13)26-19(22(16)10-11-25-2)21-18(23)14-6-4-5-7-15(14)20/h4-9,12H,3,10-11H2,1-2H3. The highest BCUT2D eigenvalue weighted by Crippen LogP contribution is 2.24. The van der Waals surface area contributed by atoms with Crippen molar-refractivity contribution in [1.29, 1.82) is 0 Å². The Morgan fingerprint density at radius 2 is 2.12 bits per heavy atom. The molecule has 3 rings (SSSR count). The van der Waals surface area contributed by atoms with Gasteiger partial charge in [-0.05, 0) is 43.5 Å². The summed E-state index contributed by atoms with van der Waals surface area (Å²) in [5, 5.41) is 0.414. The summed E-state index contributed by atoms with van der Waals surface area (Å²) < 4.78 is 8.72. The molecule has 0 spiro atoms. The molecule has 1 amide bonds. The third-order valence-corrected chi connectivity index (χ3v) is 5.75. The molecule has 0 fully saturated rings. The molecule has 26 heavy (non-hydrogen) atoms. The van der Waals surface area contributed by atoms with Crippen LogP contribution in [0.3, 0.4) is 0 Å². The van der Waals surface area contributed by atoms with Gasteiger partial charge in [0.25, 0.3) is 5.91 Å². The molecule has 1 aromatic heterocycles. The van der Waals surface area contributed by atoms with Gasteiger partial charge in [0.05, 0.1) is 27.4 Å². The third-order valence-electron chi connectivity index (χ3n) is 3.79. The number of rotatable bonds is 6. The first-order chi connectivity index (χ1) is 12.6. The third kappa shape index (κ3) is 4.14. The van der Waals surface area contributed by atoms with Gasteiger partial charge in [0.2, 0.25) is 0 Å². The Hall–Kier alpha value is -1.76. The van der Waals surface area contributed by atoms with Crippen molar-refractivity contribution in [1.82, 2.24) is 4.57 Å². The minimum absolute atomic E-state index is 0.329. The lowest BCUT2D eigenvalue weighted by molar-refractivity contribution is 0.0998. The Bertz CT molecular complexity index is 995. The smallest absolute Gasteiger partial charge is 0.281 e. The van der Waals surface area contributed by atoms with Gasteiger partial charge in [0, 0.05) is 12.3 Å². The van der Waals surface area contributed by atoms with E-state index in [4.69, 9.17) is 16.3 Å². The quantitative estimate of drug-likeness (QED) is 0.587. The van der Waals surface area contributed by atoms with Gasteiger partial charge in [-0.3, -0.25) is 4.79 Å². The summed E-state index contributed by atoms with van der Waals surface area (Å²) >= 11 is 9.38. The largest absolute Gasteiger partial charge is 0.494 e. The van der Waals surface area contributed by atoms with Crippen molar-refractivity contribution in [2.75, 3.05) is 18.6 Å². The maximum atomic E-state index is 12.6. The highest BCUT2D eigenvalue weighted by Gasteiger charge is 2.12. The zero-order chi connectivity index (χ0) is 18.5. The van der Waals surface area contributed by atoms with Crippen molar-refractivity contribution < 1.29 is 9.53 Å². The van der Waals surface area contributed by atoms with Crippen LogP contribution in [0.5, 0.6) is 5.75 Å². The zero-order valence-electron chi connectivity index (χ0n) is 14.6. The summed E-state index contributed by atoms with van der Waals surface area (Å²) in [6.45, 7) is 3.36. The van der Waals surface area contributed by atoms with Crippen LogP contribution < -0.4 is 9.54 Å². The van der Waals surface area contributed by atoms with Crippen LogP contribution in [0.15, 0.2) is 47.5 Å². The Labute approximate surface area is 165 Å². The Kier molecular flexibility index (Phi) is 6.40. The van der Waals surface area contributed by atoms with Crippen molar-refractivity contribution in [3.63, 3.8) is 0 Å². The number of aromatic nitrogens is 1. The molecule has 0 N–H and O–H groups in total. The molecule has 0 radical (unpaired) electrons. The van der Waals surface area contributed by atoms with Crippen LogP contribution in [-0.4, -0.2) is 29.1 Å². The van der Waals surface area contributed by atoms with Crippen LogP contribution in [-0.2, 0) is 6.54 Å². The van der Waals surface area contributed by atoms with Crippen LogP contribution in [0.4, 0.5) is 0 Å². The number of aryl methyl sites for hydroxylation is 1. The first kappa shape index (κ1) is 19.0. The van der Waals surface area contributed by atoms with E-state index >= 15 is 0 Å². The average molecular weight is 407 g/mol. The molecule has 1 heterocycles. The summed E-state index contributed by atoms with van der Waals surface area (Å²) in [4.78, 5) is 17.7. The fourth-order valence-electron chi connectivity index (χ4n) is 2.58. The molecule has 0 saturated carbocycles. The fraction of sp³-hybridized carbons (Fsp3) is 0.263. The number of benzene rings is 2. The van der Waals surface area contributed by atoms with Crippen LogP contribution in [0.1, 0.15) is 17.3 Å². The molecule has 0 aliphatic heterocycles. The topological polar surface area (TPSA) is 43.6 Å². The Morgan fingerprint density at radius 1 is 1.31 bits per heavy atom. The summed E-state index contributed by atoms with van der Waals surface area (Å²) in [7, 11) is 0. The number of carbonyl (C=O) groups excluding carboxylic acids is 1. The molecule has 0 bridgehead atoms. The number of hydrogen-bond donors (Lipinski definition) is 0. The predicted octanol–water partition coefficient (Wildman–Crippen LogP) is 4.86. The highest BCUT2D eigenvalue weighted by molar-refractivity contribution is 7.98. The molecule has 0 aliphatic rings. The van der Waals surface area contributed by atoms with Crippen molar-refractivity contribution in [2.24, 2.45) is 4.99 Å². The SMILES string of the molecule is CCOc1ccc2c(c1)sc(=NC(=O)c1ccccc1Cl)n2CCSC. The van der Waals surface area contributed by atoms with Crippen molar-refractivity contribution >= 4 is 50.8 Å². The first-order valence-corrected chi connectivity index (χ1v) is 10.8. The molecular weight excluding hydrogens is 388 g/mol. The lowest BCUT2D eigenvalue weighted by Crippen LogP contribution is -2.18. The van der Waals surface area contributed by atoms with Crippen molar-refractivity contribution in [3.05, 3.63) is 57.9 Å². The summed E-state index contributed by atoms with van der Waals surface area (Å²) in [5.41, 5.74) is 1.47. The van der Waals surface area contributed by atoms with E-state index in [0.717, 1.165) is 28.3 Å². The molecule has 0 saturated heterocycles. The van der Waals surface area contributed by atoms with Gasteiger partial charge in [-0.15, -0.1) is 0 Å². The van der Waals surface area contributed by atoms with Gasteiger partial charge in [-0.1, -0.05) is 35.1 Å². The number of thiazole rings is 1. The average Bonchev–Trinajstić information content (AvgIpc) is 2.96. The predicted molar refractivity (Wildman–Crippen MR) is 111 cm³/mol. The summed E-state index contributed by atoms with van der Waals surface area (Å²) in [6.07, 6.45) is 2.06.